The quantitative estimate of drug-likeness (QED) is 0.567. The Hall–Kier alpha value is -0.470. The zero-order chi connectivity index (χ0) is 12.8. The summed E-state index contributed by atoms with van der Waals surface area (Å²) in [6.45, 7) is 6.49. The van der Waals surface area contributed by atoms with Gasteiger partial charge in [-0.3, -0.25) is 4.79 Å². The molecule has 0 N–H and O–H groups in total. The van der Waals surface area contributed by atoms with E-state index >= 15 is 0 Å². The van der Waals surface area contributed by atoms with E-state index in [-0.39, 0.29) is 18.1 Å². The number of ketones is 1. The van der Waals surface area contributed by atoms with Crippen molar-refractivity contribution < 1.29 is 13.6 Å². The molecule has 0 rings (SSSR count). The Balaban J connectivity index is 4.27. The predicted octanol–water partition coefficient (Wildman–Crippen LogP) is 4.45. The van der Waals surface area contributed by atoms with Crippen molar-refractivity contribution in [1.29, 1.82) is 0 Å². The molecule has 0 radical (unpaired) electrons. The Morgan fingerprint density at radius 3 is 2.19 bits per heavy atom. The van der Waals surface area contributed by atoms with Crippen molar-refractivity contribution in [2.45, 2.75) is 65.7 Å². The van der Waals surface area contributed by atoms with Crippen molar-refractivity contribution in [3.05, 3.63) is 0 Å². The van der Waals surface area contributed by atoms with E-state index in [1.54, 1.807) is 13.8 Å². The first-order valence-electron chi connectivity index (χ1n) is 6.19. The van der Waals surface area contributed by atoms with Gasteiger partial charge < -0.3 is 0 Å². The fourth-order valence-corrected chi connectivity index (χ4v) is 1.65. The number of hydrogen-bond donors (Lipinski definition) is 0. The Labute approximate surface area is 97.6 Å². The van der Waals surface area contributed by atoms with Crippen LogP contribution in [0.2, 0.25) is 0 Å². The molecule has 0 aliphatic rings. The second kappa shape index (κ2) is 6.97. The van der Waals surface area contributed by atoms with Gasteiger partial charge in [0, 0.05) is 18.3 Å². The minimum atomic E-state index is -2.74. The molecule has 0 bridgehead atoms. The summed E-state index contributed by atoms with van der Waals surface area (Å²) in [4.78, 5) is 11.5. The summed E-state index contributed by atoms with van der Waals surface area (Å²) in [6, 6.07) is 0. The molecule has 16 heavy (non-hydrogen) atoms. The van der Waals surface area contributed by atoms with Crippen LogP contribution in [0.4, 0.5) is 8.78 Å². The molecule has 3 heteroatoms. The smallest absolute Gasteiger partial charge is 0.248 e. The summed E-state index contributed by atoms with van der Waals surface area (Å²) in [5.74, 6) is -3.72. The number of unbranched alkanes of at least 4 members (excludes halogenated alkanes) is 2. The topological polar surface area (TPSA) is 17.1 Å². The normalized spacial score (nSPS) is 14.2. The second-order valence-electron chi connectivity index (χ2n) is 4.97. The molecule has 0 aromatic carbocycles. The Bertz CT molecular complexity index is 206. The third-order valence-electron chi connectivity index (χ3n) is 2.96. The van der Waals surface area contributed by atoms with Gasteiger partial charge >= 0.3 is 0 Å². The molecule has 0 aliphatic carbocycles. The fourth-order valence-electron chi connectivity index (χ4n) is 1.65. The highest BCUT2D eigenvalue weighted by atomic mass is 19.3. The lowest BCUT2D eigenvalue weighted by atomic mass is 9.88. The number of hydrogen-bond acceptors (Lipinski definition) is 1. The highest BCUT2D eigenvalue weighted by molar-refractivity contribution is 5.80. The Morgan fingerprint density at radius 2 is 1.81 bits per heavy atom. The molecule has 0 aliphatic heterocycles. The molecule has 1 atom stereocenters. The molecular weight excluding hydrogens is 210 g/mol. The van der Waals surface area contributed by atoms with Crippen molar-refractivity contribution in [1.82, 2.24) is 0 Å². The van der Waals surface area contributed by atoms with E-state index in [1.165, 1.54) is 0 Å². The average molecular weight is 234 g/mol. The zero-order valence-corrected chi connectivity index (χ0v) is 10.9. The van der Waals surface area contributed by atoms with E-state index in [4.69, 9.17) is 0 Å². The molecule has 0 amide bonds. The van der Waals surface area contributed by atoms with Crippen LogP contribution in [0.25, 0.3) is 0 Å². The molecule has 0 aromatic rings. The summed E-state index contributed by atoms with van der Waals surface area (Å²) >= 11 is 0. The van der Waals surface area contributed by atoms with Gasteiger partial charge in [0.2, 0.25) is 5.92 Å². The number of halogens is 2. The molecule has 0 saturated heterocycles. The highest BCUT2D eigenvalue weighted by Crippen LogP contribution is 2.32. The van der Waals surface area contributed by atoms with Crippen LogP contribution in [0.3, 0.4) is 0 Å². The lowest BCUT2D eigenvalue weighted by molar-refractivity contribution is -0.127. The third kappa shape index (κ3) is 6.19. The maximum absolute atomic E-state index is 13.3. The van der Waals surface area contributed by atoms with E-state index in [1.807, 2.05) is 6.92 Å². The first-order valence-corrected chi connectivity index (χ1v) is 6.19. The lowest BCUT2D eigenvalue weighted by Crippen LogP contribution is -2.28. The van der Waals surface area contributed by atoms with Crippen LogP contribution in [0.5, 0.6) is 0 Å². The lowest BCUT2D eigenvalue weighted by Gasteiger charge is -2.23. The molecule has 0 saturated carbocycles. The number of carbonyl (C=O) groups is 1. The predicted molar refractivity (Wildman–Crippen MR) is 62.7 cm³/mol. The number of Topliss-reactive ketones (excluding diaryl/α,β-unsaturated/α-hetero) is 1. The van der Waals surface area contributed by atoms with Crippen LogP contribution in [0, 0.1) is 11.8 Å². The van der Waals surface area contributed by atoms with Gasteiger partial charge in [-0.2, -0.15) is 0 Å². The monoisotopic (exact) mass is 234 g/mol. The minimum absolute atomic E-state index is 0.0187. The summed E-state index contributed by atoms with van der Waals surface area (Å²) < 4.78 is 26.6. The zero-order valence-electron chi connectivity index (χ0n) is 10.9. The molecule has 0 fully saturated rings. The summed E-state index contributed by atoms with van der Waals surface area (Å²) in [5.41, 5.74) is 0. The standard InChI is InChI=1S/C13H24F2O/c1-5-6-7-8-11(13(4,14)15)9-12(16)10(2)3/h10-11H,5-9H2,1-4H3. The van der Waals surface area contributed by atoms with Gasteiger partial charge in [-0.15, -0.1) is 0 Å². The minimum Gasteiger partial charge on any atom is -0.299 e. The van der Waals surface area contributed by atoms with Crippen LogP contribution in [-0.2, 0) is 4.79 Å². The number of alkyl halides is 2. The van der Waals surface area contributed by atoms with Crippen molar-refractivity contribution in [3.63, 3.8) is 0 Å². The van der Waals surface area contributed by atoms with Crippen molar-refractivity contribution in [2.24, 2.45) is 11.8 Å². The molecule has 0 heterocycles. The summed E-state index contributed by atoms with van der Waals surface area (Å²) in [6.07, 6.45) is 3.24. The fraction of sp³-hybridized carbons (Fsp3) is 0.923. The van der Waals surface area contributed by atoms with Crippen LogP contribution >= 0.6 is 0 Å². The second-order valence-corrected chi connectivity index (χ2v) is 4.97. The molecule has 96 valence electrons. The third-order valence-corrected chi connectivity index (χ3v) is 2.96. The van der Waals surface area contributed by atoms with Crippen LogP contribution < -0.4 is 0 Å². The van der Waals surface area contributed by atoms with E-state index in [2.05, 4.69) is 0 Å². The maximum Gasteiger partial charge on any atom is 0.248 e. The van der Waals surface area contributed by atoms with Gasteiger partial charge in [0.25, 0.3) is 0 Å². The molecule has 0 aromatic heterocycles. The van der Waals surface area contributed by atoms with E-state index in [0.717, 1.165) is 26.2 Å². The van der Waals surface area contributed by atoms with Gasteiger partial charge in [0.05, 0.1) is 0 Å². The largest absolute Gasteiger partial charge is 0.299 e. The molecule has 0 spiro atoms. The van der Waals surface area contributed by atoms with Gasteiger partial charge in [-0.25, -0.2) is 8.78 Å². The summed E-state index contributed by atoms with van der Waals surface area (Å²) in [5, 5.41) is 0. The van der Waals surface area contributed by atoms with E-state index in [9.17, 15) is 13.6 Å². The van der Waals surface area contributed by atoms with Gasteiger partial charge in [0.1, 0.15) is 5.78 Å². The number of rotatable bonds is 8. The Kier molecular flexibility index (Phi) is 6.77. The maximum atomic E-state index is 13.3. The van der Waals surface area contributed by atoms with Crippen LogP contribution in [0.1, 0.15) is 59.8 Å². The first-order chi connectivity index (χ1) is 7.29. The molecule has 1 unspecified atom stereocenters. The van der Waals surface area contributed by atoms with Crippen molar-refractivity contribution in [2.75, 3.05) is 0 Å². The van der Waals surface area contributed by atoms with Gasteiger partial charge in [-0.1, -0.05) is 40.0 Å². The van der Waals surface area contributed by atoms with Crippen LogP contribution in [0.15, 0.2) is 0 Å². The first kappa shape index (κ1) is 15.5. The average Bonchev–Trinajstić information content (AvgIpc) is 2.14. The van der Waals surface area contributed by atoms with E-state index < -0.39 is 11.8 Å². The van der Waals surface area contributed by atoms with Crippen LogP contribution in [-0.4, -0.2) is 11.7 Å². The van der Waals surface area contributed by atoms with E-state index in [0.29, 0.717) is 6.42 Å². The Morgan fingerprint density at radius 1 is 1.25 bits per heavy atom. The SMILES string of the molecule is CCCCCC(CC(=O)C(C)C)C(C)(F)F. The molecule has 1 nitrogen and oxygen atoms in total. The summed E-state index contributed by atoms with van der Waals surface area (Å²) in [7, 11) is 0. The van der Waals surface area contributed by atoms with Gasteiger partial charge in [0.15, 0.2) is 0 Å². The van der Waals surface area contributed by atoms with Gasteiger partial charge in [-0.05, 0) is 13.3 Å². The van der Waals surface area contributed by atoms with Crippen molar-refractivity contribution >= 4 is 5.78 Å². The van der Waals surface area contributed by atoms with Crippen molar-refractivity contribution in [3.8, 4) is 0 Å². The molecular formula is C13H24F2O. The number of carbonyl (C=O) groups excluding carboxylic acids is 1. The highest BCUT2D eigenvalue weighted by Gasteiger charge is 2.35.